The number of fused-ring (bicyclic) bond motifs is 1. The monoisotopic (exact) mass is 577 g/mol. The maximum absolute atomic E-state index is 11.7. The fourth-order valence-corrected chi connectivity index (χ4v) is 6.10. The summed E-state index contributed by atoms with van der Waals surface area (Å²) in [5, 5.41) is 10.9. The van der Waals surface area contributed by atoms with Gasteiger partial charge in [0.1, 0.15) is 28.4 Å². The number of carboxylic acids is 1. The Morgan fingerprint density at radius 1 is 1.18 bits per heavy atom. The van der Waals surface area contributed by atoms with E-state index in [0.717, 1.165) is 22.4 Å². The number of thioether (sulfide) groups is 1. The number of hydrogen-bond acceptors (Lipinski definition) is 10. The minimum Gasteiger partial charge on any atom is -0.483 e. The molecule has 0 amide bonds. The molecule has 1 aliphatic rings. The molecule has 0 radical (unpaired) electrons. The molecule has 2 aromatic heterocycles. The van der Waals surface area contributed by atoms with Gasteiger partial charge in [-0.15, -0.1) is 0 Å². The van der Waals surface area contributed by atoms with Crippen molar-refractivity contribution in [2.75, 3.05) is 40.2 Å². The van der Waals surface area contributed by atoms with Gasteiger partial charge < -0.3 is 29.0 Å². The number of aliphatic imine (C=N–C) groups is 1. The highest BCUT2D eigenvalue weighted by Crippen LogP contribution is 2.37. The molecule has 2 atom stereocenters. The Hall–Kier alpha value is -3.13. The Morgan fingerprint density at radius 2 is 1.92 bits per heavy atom. The van der Waals surface area contributed by atoms with Gasteiger partial charge in [0.2, 0.25) is 0 Å². The van der Waals surface area contributed by atoms with Crippen molar-refractivity contribution in [3.05, 3.63) is 42.2 Å². The number of nitrogens with zero attached hydrogens (tertiary/aromatic N) is 2. The minimum atomic E-state index is -3.43. The Kier molecular flexibility index (Phi) is 9.15. The van der Waals surface area contributed by atoms with E-state index in [1.165, 1.54) is 30.1 Å². The number of ether oxygens (including phenoxy) is 4. The molecule has 0 spiro atoms. The van der Waals surface area contributed by atoms with Crippen molar-refractivity contribution in [1.82, 2.24) is 9.97 Å². The molecule has 39 heavy (non-hydrogen) atoms. The van der Waals surface area contributed by atoms with Gasteiger partial charge in [0.25, 0.3) is 0 Å². The van der Waals surface area contributed by atoms with Gasteiger partial charge in [0.15, 0.2) is 14.9 Å². The van der Waals surface area contributed by atoms with Gasteiger partial charge in [-0.3, -0.25) is 9.79 Å². The van der Waals surface area contributed by atoms with Crippen LogP contribution in [0.25, 0.3) is 10.9 Å². The van der Waals surface area contributed by atoms with Crippen molar-refractivity contribution < 1.29 is 37.3 Å². The second kappa shape index (κ2) is 12.4. The third kappa shape index (κ3) is 6.90. The molecule has 1 aliphatic heterocycles. The standard InChI is InChI=1S/C26H31N3O8S2/c1-5-19(26(30)31)22-12-28-25(38-22)20-9-15-8-17(36-16-6-7-23(27-11-16)39(4,32)33)10-21(24(15)29-20)37-18(13-34-2)14-35-3/h6-11,18-19,22,29H,5,12-14H2,1-4H3,(H,30,31). The van der Waals surface area contributed by atoms with Gasteiger partial charge in [0.05, 0.1) is 43.1 Å². The van der Waals surface area contributed by atoms with Crippen molar-refractivity contribution >= 4 is 43.5 Å². The summed E-state index contributed by atoms with van der Waals surface area (Å²) in [5.41, 5.74) is 1.45. The number of pyridine rings is 1. The van der Waals surface area contributed by atoms with E-state index in [2.05, 4.69) is 15.0 Å². The average Bonchev–Trinajstić information content (AvgIpc) is 3.52. The molecule has 0 saturated carbocycles. The van der Waals surface area contributed by atoms with E-state index in [1.54, 1.807) is 20.3 Å². The summed E-state index contributed by atoms with van der Waals surface area (Å²) >= 11 is 1.45. The number of nitrogens with one attached hydrogen (secondary N) is 1. The van der Waals surface area contributed by atoms with Crippen LogP contribution >= 0.6 is 11.8 Å². The van der Waals surface area contributed by atoms with Gasteiger partial charge in [-0.1, -0.05) is 18.7 Å². The zero-order valence-electron chi connectivity index (χ0n) is 22.0. The lowest BCUT2D eigenvalue weighted by atomic mass is 10.0. The smallest absolute Gasteiger partial charge is 0.307 e. The highest BCUT2D eigenvalue weighted by Gasteiger charge is 2.33. The Morgan fingerprint density at radius 3 is 2.51 bits per heavy atom. The summed E-state index contributed by atoms with van der Waals surface area (Å²) in [7, 11) is -0.280. The van der Waals surface area contributed by atoms with Crippen LogP contribution in [0, 0.1) is 5.92 Å². The third-order valence-corrected chi connectivity index (χ3v) is 8.46. The number of hydrogen-bond donors (Lipinski definition) is 2. The van der Waals surface area contributed by atoms with Crippen molar-refractivity contribution in [2.24, 2.45) is 10.9 Å². The van der Waals surface area contributed by atoms with Gasteiger partial charge >= 0.3 is 5.97 Å². The Labute approximate surface area is 230 Å². The van der Waals surface area contributed by atoms with E-state index in [9.17, 15) is 18.3 Å². The molecule has 0 fully saturated rings. The summed E-state index contributed by atoms with van der Waals surface area (Å²) < 4.78 is 46.3. The summed E-state index contributed by atoms with van der Waals surface area (Å²) in [5.74, 6) is -0.00769. The highest BCUT2D eigenvalue weighted by molar-refractivity contribution is 8.15. The number of H-pyrrole nitrogens is 1. The number of carbonyl (C=O) groups is 1. The number of aromatic nitrogens is 2. The lowest BCUT2D eigenvalue weighted by Crippen LogP contribution is -2.27. The topological polar surface area (TPSA) is 149 Å². The summed E-state index contributed by atoms with van der Waals surface area (Å²) in [6, 6.07) is 8.37. The van der Waals surface area contributed by atoms with Crippen LogP contribution in [0.2, 0.25) is 0 Å². The Balaban J connectivity index is 1.67. The fourth-order valence-electron chi connectivity index (χ4n) is 4.25. The molecule has 210 valence electrons. The number of aromatic amines is 1. The summed E-state index contributed by atoms with van der Waals surface area (Å²) in [6.07, 6.45) is 2.57. The van der Waals surface area contributed by atoms with Crippen LogP contribution in [0.5, 0.6) is 17.2 Å². The SMILES string of the molecule is CCC(C(=O)O)C1CN=C(c2cc3cc(Oc4ccc(S(C)(=O)=O)nc4)cc(OC(COC)COC)c3[nH]2)S1. The van der Waals surface area contributed by atoms with E-state index < -0.39 is 27.8 Å². The zero-order chi connectivity index (χ0) is 28.2. The quantitative estimate of drug-likeness (QED) is 0.307. The lowest BCUT2D eigenvalue weighted by Gasteiger charge is -2.19. The number of carboxylic acid groups (broad SMARTS) is 1. The number of methoxy groups -OCH3 is 2. The molecular formula is C26H31N3O8S2. The van der Waals surface area contributed by atoms with Crippen LogP contribution in [0.15, 0.2) is 46.5 Å². The minimum absolute atomic E-state index is 0.0482. The molecule has 0 aliphatic carbocycles. The first-order chi connectivity index (χ1) is 18.6. The van der Waals surface area contributed by atoms with Gasteiger partial charge in [-0.05, 0) is 30.7 Å². The van der Waals surface area contributed by atoms with Crippen molar-refractivity contribution in [3.8, 4) is 17.2 Å². The number of aliphatic carboxylic acids is 1. The largest absolute Gasteiger partial charge is 0.483 e. The van der Waals surface area contributed by atoms with E-state index >= 15 is 0 Å². The number of sulfone groups is 1. The molecular weight excluding hydrogens is 546 g/mol. The number of rotatable bonds is 13. The molecule has 2 unspecified atom stereocenters. The maximum atomic E-state index is 11.7. The van der Waals surface area contributed by atoms with E-state index in [4.69, 9.17) is 18.9 Å². The van der Waals surface area contributed by atoms with Crippen LogP contribution in [0.4, 0.5) is 0 Å². The van der Waals surface area contributed by atoms with Crippen LogP contribution in [0.1, 0.15) is 19.0 Å². The molecule has 0 bridgehead atoms. The normalized spacial score (nSPS) is 16.4. The van der Waals surface area contributed by atoms with Gasteiger partial charge in [-0.25, -0.2) is 13.4 Å². The fraction of sp³-hybridized carbons (Fsp3) is 0.423. The van der Waals surface area contributed by atoms with Crippen LogP contribution in [-0.2, 0) is 24.1 Å². The van der Waals surface area contributed by atoms with Crippen molar-refractivity contribution in [1.29, 1.82) is 0 Å². The van der Waals surface area contributed by atoms with Crippen molar-refractivity contribution in [2.45, 2.75) is 29.7 Å². The zero-order valence-corrected chi connectivity index (χ0v) is 23.7. The highest BCUT2D eigenvalue weighted by atomic mass is 32.2. The predicted octanol–water partition coefficient (Wildman–Crippen LogP) is 3.77. The van der Waals surface area contributed by atoms with Crippen LogP contribution < -0.4 is 9.47 Å². The predicted molar refractivity (Wildman–Crippen MR) is 148 cm³/mol. The molecule has 3 aromatic rings. The molecule has 0 saturated heterocycles. The summed E-state index contributed by atoms with van der Waals surface area (Å²) in [6.45, 7) is 2.88. The summed E-state index contributed by atoms with van der Waals surface area (Å²) in [4.78, 5) is 23.6. The molecule has 1 aromatic carbocycles. The maximum Gasteiger partial charge on any atom is 0.307 e. The second-order valence-corrected chi connectivity index (χ2v) is 12.3. The molecule has 13 heteroatoms. The molecule has 4 rings (SSSR count). The van der Waals surface area contributed by atoms with Gasteiger partial charge in [0, 0.05) is 37.2 Å². The average molecular weight is 578 g/mol. The van der Waals surface area contributed by atoms with E-state index in [-0.39, 0.29) is 10.3 Å². The first-order valence-electron chi connectivity index (χ1n) is 12.2. The number of benzene rings is 1. The van der Waals surface area contributed by atoms with Crippen LogP contribution in [-0.4, -0.2) is 86.1 Å². The first-order valence-corrected chi connectivity index (χ1v) is 15.0. The van der Waals surface area contributed by atoms with Gasteiger partial charge in [-0.2, -0.15) is 0 Å². The first kappa shape index (κ1) is 28.9. The Bertz CT molecular complexity index is 1450. The van der Waals surface area contributed by atoms with Crippen molar-refractivity contribution in [3.63, 3.8) is 0 Å². The molecule has 3 heterocycles. The van der Waals surface area contributed by atoms with E-state index in [0.29, 0.717) is 48.9 Å². The second-order valence-electron chi connectivity index (χ2n) is 9.08. The third-order valence-electron chi connectivity index (χ3n) is 6.10. The molecule has 11 nitrogen and oxygen atoms in total. The molecule has 2 N–H and O–H groups in total. The van der Waals surface area contributed by atoms with Crippen LogP contribution in [0.3, 0.4) is 0 Å². The van der Waals surface area contributed by atoms with E-state index in [1.807, 2.05) is 19.1 Å². The lowest BCUT2D eigenvalue weighted by molar-refractivity contribution is -0.141.